The molecular weight excluding hydrogens is 216 g/mol. The van der Waals surface area contributed by atoms with Gasteiger partial charge in [-0.3, -0.25) is 4.90 Å². The number of hydrogen-bond acceptors (Lipinski definition) is 5. The molecule has 0 aliphatic carbocycles. The van der Waals surface area contributed by atoms with Gasteiger partial charge >= 0.3 is 0 Å². The summed E-state index contributed by atoms with van der Waals surface area (Å²) in [5.41, 5.74) is 0. The maximum Gasteiger partial charge on any atom is 0.240 e. The Morgan fingerprint density at radius 2 is 2.18 bits per heavy atom. The van der Waals surface area contributed by atoms with E-state index in [0.717, 1.165) is 38.3 Å². The molecule has 1 N–H and O–H groups in total. The molecule has 0 unspecified atom stereocenters. The van der Waals surface area contributed by atoms with Crippen LogP contribution in [0.25, 0.3) is 0 Å². The summed E-state index contributed by atoms with van der Waals surface area (Å²) in [4.78, 5) is 6.58. The molecule has 1 rings (SSSR count). The standard InChI is InChI=1S/C12H24N4O/c1-10(2)8-11-14-12(17-15-11)9-16(4)7-5-6-13-3/h10,13H,5-9H2,1-4H3. The maximum atomic E-state index is 5.22. The molecule has 0 aliphatic heterocycles. The van der Waals surface area contributed by atoms with Crippen LogP contribution in [0.2, 0.25) is 0 Å². The summed E-state index contributed by atoms with van der Waals surface area (Å²) in [6, 6.07) is 0. The van der Waals surface area contributed by atoms with Crippen LogP contribution in [0.3, 0.4) is 0 Å². The first-order valence-corrected chi connectivity index (χ1v) is 6.26. The Balaban J connectivity index is 2.32. The third kappa shape index (κ3) is 5.79. The van der Waals surface area contributed by atoms with Gasteiger partial charge in [0.15, 0.2) is 5.82 Å². The number of aromatic nitrogens is 2. The van der Waals surface area contributed by atoms with Crippen molar-refractivity contribution in [3.05, 3.63) is 11.7 Å². The van der Waals surface area contributed by atoms with Gasteiger partial charge in [0.2, 0.25) is 5.89 Å². The monoisotopic (exact) mass is 240 g/mol. The van der Waals surface area contributed by atoms with Crippen molar-refractivity contribution >= 4 is 0 Å². The Morgan fingerprint density at radius 3 is 2.82 bits per heavy atom. The highest BCUT2D eigenvalue weighted by molar-refractivity contribution is 4.87. The van der Waals surface area contributed by atoms with E-state index in [0.29, 0.717) is 11.8 Å². The van der Waals surface area contributed by atoms with Gasteiger partial charge in [0.05, 0.1) is 6.54 Å². The summed E-state index contributed by atoms with van der Waals surface area (Å²) >= 11 is 0. The highest BCUT2D eigenvalue weighted by atomic mass is 16.5. The molecule has 0 saturated carbocycles. The molecular formula is C12H24N4O. The second-order valence-electron chi connectivity index (χ2n) is 4.90. The molecule has 0 bridgehead atoms. The number of rotatable bonds is 8. The van der Waals surface area contributed by atoms with Crippen molar-refractivity contribution in [3.63, 3.8) is 0 Å². The molecule has 0 saturated heterocycles. The van der Waals surface area contributed by atoms with Crippen LogP contribution in [0, 0.1) is 5.92 Å². The van der Waals surface area contributed by atoms with Gasteiger partial charge in [-0.2, -0.15) is 4.98 Å². The Kier molecular flexibility index (Phi) is 6.15. The molecule has 5 nitrogen and oxygen atoms in total. The highest BCUT2D eigenvalue weighted by Crippen LogP contribution is 2.06. The predicted molar refractivity (Wildman–Crippen MR) is 67.7 cm³/mol. The fourth-order valence-electron chi connectivity index (χ4n) is 1.64. The first-order chi connectivity index (χ1) is 8.11. The minimum atomic E-state index is 0.564. The maximum absolute atomic E-state index is 5.22. The zero-order chi connectivity index (χ0) is 12.7. The average Bonchev–Trinajstić information content (AvgIpc) is 2.64. The SMILES string of the molecule is CNCCCN(C)Cc1nc(CC(C)C)no1. The van der Waals surface area contributed by atoms with Crippen LogP contribution < -0.4 is 5.32 Å². The zero-order valence-corrected chi connectivity index (χ0v) is 11.4. The summed E-state index contributed by atoms with van der Waals surface area (Å²) in [6.07, 6.45) is 2.01. The van der Waals surface area contributed by atoms with Gasteiger partial charge in [-0.05, 0) is 39.5 Å². The van der Waals surface area contributed by atoms with E-state index in [2.05, 4.69) is 41.3 Å². The Morgan fingerprint density at radius 1 is 1.41 bits per heavy atom. The number of nitrogens with one attached hydrogen (secondary N) is 1. The predicted octanol–water partition coefficient (Wildman–Crippen LogP) is 1.31. The molecule has 5 heteroatoms. The first-order valence-electron chi connectivity index (χ1n) is 6.26. The van der Waals surface area contributed by atoms with Crippen molar-refractivity contribution in [2.75, 3.05) is 27.2 Å². The molecule has 0 atom stereocenters. The normalized spacial score (nSPS) is 11.6. The molecule has 0 amide bonds. The van der Waals surface area contributed by atoms with Crippen LogP contribution in [0.1, 0.15) is 32.0 Å². The van der Waals surface area contributed by atoms with Crippen LogP contribution in [-0.4, -0.2) is 42.2 Å². The van der Waals surface area contributed by atoms with E-state index in [1.807, 2.05) is 7.05 Å². The Bertz CT molecular complexity index is 311. The third-order valence-electron chi connectivity index (χ3n) is 2.47. The van der Waals surface area contributed by atoms with Gasteiger partial charge in [-0.15, -0.1) is 0 Å². The lowest BCUT2D eigenvalue weighted by Crippen LogP contribution is -2.22. The Labute approximate surface area is 104 Å². The molecule has 0 radical (unpaired) electrons. The van der Waals surface area contributed by atoms with E-state index in [1.54, 1.807) is 0 Å². The van der Waals surface area contributed by atoms with E-state index in [4.69, 9.17) is 4.52 Å². The van der Waals surface area contributed by atoms with Crippen LogP contribution in [0.5, 0.6) is 0 Å². The van der Waals surface area contributed by atoms with Gasteiger partial charge < -0.3 is 9.84 Å². The molecule has 0 aliphatic rings. The van der Waals surface area contributed by atoms with Crippen LogP contribution in [-0.2, 0) is 13.0 Å². The zero-order valence-electron chi connectivity index (χ0n) is 11.4. The summed E-state index contributed by atoms with van der Waals surface area (Å²) in [5.74, 6) is 2.10. The third-order valence-corrected chi connectivity index (χ3v) is 2.47. The molecule has 0 spiro atoms. The molecule has 98 valence electrons. The summed E-state index contributed by atoms with van der Waals surface area (Å²) in [5, 5.41) is 7.12. The highest BCUT2D eigenvalue weighted by Gasteiger charge is 2.09. The van der Waals surface area contributed by atoms with Crippen molar-refractivity contribution in [1.29, 1.82) is 0 Å². The lowest BCUT2D eigenvalue weighted by Gasteiger charge is -2.13. The molecule has 1 aromatic rings. The van der Waals surface area contributed by atoms with Crippen LogP contribution >= 0.6 is 0 Å². The summed E-state index contributed by atoms with van der Waals surface area (Å²) in [7, 11) is 4.04. The van der Waals surface area contributed by atoms with Gasteiger partial charge in [-0.1, -0.05) is 19.0 Å². The largest absolute Gasteiger partial charge is 0.338 e. The average molecular weight is 240 g/mol. The molecule has 1 heterocycles. The van der Waals surface area contributed by atoms with Crippen molar-refractivity contribution < 1.29 is 4.52 Å². The second kappa shape index (κ2) is 7.40. The minimum absolute atomic E-state index is 0.564. The molecule has 0 fully saturated rings. The minimum Gasteiger partial charge on any atom is -0.338 e. The number of nitrogens with zero attached hydrogens (tertiary/aromatic N) is 3. The molecule has 17 heavy (non-hydrogen) atoms. The quantitative estimate of drug-likeness (QED) is 0.694. The topological polar surface area (TPSA) is 54.2 Å². The fourth-order valence-corrected chi connectivity index (χ4v) is 1.64. The second-order valence-corrected chi connectivity index (χ2v) is 4.90. The van der Waals surface area contributed by atoms with Crippen molar-refractivity contribution in [2.45, 2.75) is 33.2 Å². The van der Waals surface area contributed by atoms with E-state index >= 15 is 0 Å². The van der Waals surface area contributed by atoms with Gasteiger partial charge in [-0.25, -0.2) is 0 Å². The van der Waals surface area contributed by atoms with E-state index in [-0.39, 0.29) is 0 Å². The van der Waals surface area contributed by atoms with E-state index in [1.165, 1.54) is 0 Å². The van der Waals surface area contributed by atoms with Crippen LogP contribution in [0.4, 0.5) is 0 Å². The van der Waals surface area contributed by atoms with E-state index in [9.17, 15) is 0 Å². The van der Waals surface area contributed by atoms with Gasteiger partial charge in [0.25, 0.3) is 0 Å². The number of hydrogen-bond donors (Lipinski definition) is 1. The lowest BCUT2D eigenvalue weighted by atomic mass is 10.1. The summed E-state index contributed by atoms with van der Waals surface area (Å²) < 4.78 is 5.22. The summed E-state index contributed by atoms with van der Waals surface area (Å²) in [6.45, 7) is 7.10. The Hall–Kier alpha value is -0.940. The smallest absolute Gasteiger partial charge is 0.240 e. The lowest BCUT2D eigenvalue weighted by molar-refractivity contribution is 0.263. The van der Waals surface area contributed by atoms with E-state index < -0.39 is 0 Å². The van der Waals surface area contributed by atoms with Crippen molar-refractivity contribution in [1.82, 2.24) is 20.4 Å². The first kappa shape index (κ1) is 14.1. The van der Waals surface area contributed by atoms with Gasteiger partial charge in [0.1, 0.15) is 0 Å². The van der Waals surface area contributed by atoms with Crippen LogP contribution in [0.15, 0.2) is 4.52 Å². The fraction of sp³-hybridized carbons (Fsp3) is 0.833. The molecule has 0 aromatic carbocycles. The molecule has 1 aromatic heterocycles. The van der Waals surface area contributed by atoms with Crippen molar-refractivity contribution in [3.8, 4) is 0 Å². The van der Waals surface area contributed by atoms with Gasteiger partial charge in [0, 0.05) is 6.42 Å². The van der Waals surface area contributed by atoms with Crippen molar-refractivity contribution in [2.24, 2.45) is 5.92 Å².